The van der Waals surface area contributed by atoms with Gasteiger partial charge in [-0.3, -0.25) is 4.79 Å². The Morgan fingerprint density at radius 3 is 1.81 bits per heavy atom. The minimum Gasteiger partial charge on any atom is -0.458 e. The zero-order valence-electron chi connectivity index (χ0n) is 14.9. The number of hydrogen-bond acceptors (Lipinski definition) is 3. The van der Waals surface area contributed by atoms with Crippen LogP contribution in [0.15, 0.2) is 0 Å². The number of nitrogens with one attached hydrogen (secondary N) is 1. The lowest BCUT2D eigenvalue weighted by Crippen LogP contribution is -2.46. The summed E-state index contributed by atoms with van der Waals surface area (Å²) in [6, 6.07) is -0.564. The van der Waals surface area contributed by atoms with Crippen LogP contribution in [-0.4, -0.2) is 23.5 Å². The zero-order chi connectivity index (χ0) is 16.8. The molecule has 0 rings (SSSR count). The van der Waals surface area contributed by atoms with Gasteiger partial charge in [0.2, 0.25) is 5.91 Å². The number of amides is 1. The van der Waals surface area contributed by atoms with Gasteiger partial charge in [-0.05, 0) is 45.4 Å². The van der Waals surface area contributed by atoms with Crippen LogP contribution in [0.1, 0.15) is 68.2 Å². The number of hydrogen-bond donors (Lipinski definition) is 1. The van der Waals surface area contributed by atoms with Crippen LogP contribution < -0.4 is 5.32 Å². The first-order valence-electron chi connectivity index (χ1n) is 7.95. The van der Waals surface area contributed by atoms with Gasteiger partial charge in [-0.25, -0.2) is 4.79 Å². The quantitative estimate of drug-likeness (QED) is 0.732. The van der Waals surface area contributed by atoms with Crippen molar-refractivity contribution in [2.75, 3.05) is 0 Å². The van der Waals surface area contributed by atoms with Gasteiger partial charge < -0.3 is 10.1 Å². The Balaban J connectivity index is 4.76. The molecule has 0 radical (unpaired) electrons. The lowest BCUT2D eigenvalue weighted by Gasteiger charge is -2.26. The molecule has 4 nitrogen and oxygen atoms in total. The van der Waals surface area contributed by atoms with Gasteiger partial charge in [-0.15, -0.1) is 0 Å². The van der Waals surface area contributed by atoms with Gasteiger partial charge >= 0.3 is 5.97 Å². The number of esters is 1. The predicted octanol–water partition coefficient (Wildman–Crippen LogP) is 3.54. The van der Waals surface area contributed by atoms with Gasteiger partial charge in [0.1, 0.15) is 11.6 Å². The third kappa shape index (κ3) is 9.48. The Morgan fingerprint density at radius 1 is 0.952 bits per heavy atom. The molecule has 0 spiro atoms. The van der Waals surface area contributed by atoms with Crippen molar-refractivity contribution in [2.24, 2.45) is 17.8 Å². The van der Waals surface area contributed by atoms with Crippen molar-refractivity contribution >= 4 is 11.9 Å². The molecule has 4 heteroatoms. The second-order valence-corrected chi connectivity index (χ2v) is 7.75. The third-order valence-electron chi connectivity index (χ3n) is 2.99. The Kier molecular flexibility index (Phi) is 7.98. The maximum atomic E-state index is 12.2. The second kappa shape index (κ2) is 8.40. The molecule has 0 saturated carbocycles. The van der Waals surface area contributed by atoms with Crippen molar-refractivity contribution < 1.29 is 14.3 Å². The van der Waals surface area contributed by atoms with E-state index in [2.05, 4.69) is 19.2 Å². The predicted molar refractivity (Wildman–Crippen MR) is 85.8 cm³/mol. The third-order valence-corrected chi connectivity index (χ3v) is 2.99. The lowest BCUT2D eigenvalue weighted by molar-refractivity contribution is -0.159. The highest BCUT2D eigenvalue weighted by Gasteiger charge is 2.28. The topological polar surface area (TPSA) is 55.4 Å². The van der Waals surface area contributed by atoms with Crippen molar-refractivity contribution in [1.29, 1.82) is 0 Å². The maximum absolute atomic E-state index is 12.2. The molecule has 1 N–H and O–H groups in total. The fourth-order valence-corrected chi connectivity index (χ4v) is 2.19. The molecule has 0 aromatic heterocycles. The van der Waals surface area contributed by atoms with Gasteiger partial charge in [-0.1, -0.05) is 34.6 Å². The Morgan fingerprint density at radius 2 is 1.43 bits per heavy atom. The largest absolute Gasteiger partial charge is 0.458 e. The highest BCUT2D eigenvalue weighted by molar-refractivity contribution is 5.85. The van der Waals surface area contributed by atoms with Crippen molar-refractivity contribution in [3.05, 3.63) is 0 Å². The molecule has 0 saturated heterocycles. The molecule has 0 aromatic rings. The highest BCUT2D eigenvalue weighted by Crippen LogP contribution is 2.15. The number of carbonyl (C=O) groups is 2. The summed E-state index contributed by atoms with van der Waals surface area (Å²) in [5.41, 5.74) is -0.541. The average Bonchev–Trinajstić information content (AvgIpc) is 2.23. The molecule has 124 valence electrons. The lowest BCUT2D eigenvalue weighted by atomic mass is 9.97. The summed E-state index contributed by atoms with van der Waals surface area (Å²) in [6.07, 6.45) is 1.41. The van der Waals surface area contributed by atoms with Crippen LogP contribution >= 0.6 is 0 Å². The molecule has 0 aliphatic heterocycles. The molecule has 0 bridgehead atoms. The van der Waals surface area contributed by atoms with Crippen LogP contribution in [0.25, 0.3) is 0 Å². The number of ether oxygens (including phenoxy) is 1. The van der Waals surface area contributed by atoms with E-state index >= 15 is 0 Å². The van der Waals surface area contributed by atoms with E-state index in [1.165, 1.54) is 0 Å². The normalized spacial score (nSPS) is 15.0. The van der Waals surface area contributed by atoms with Crippen LogP contribution in [0.5, 0.6) is 0 Å². The van der Waals surface area contributed by atoms with E-state index in [-0.39, 0.29) is 17.8 Å². The van der Waals surface area contributed by atoms with Gasteiger partial charge in [0.05, 0.1) is 0 Å². The van der Waals surface area contributed by atoms with E-state index in [1.54, 1.807) is 0 Å². The van der Waals surface area contributed by atoms with Gasteiger partial charge in [-0.2, -0.15) is 0 Å². The summed E-state index contributed by atoms with van der Waals surface area (Å²) < 4.78 is 5.41. The molecule has 0 heterocycles. The Hall–Kier alpha value is -1.06. The van der Waals surface area contributed by atoms with Crippen LogP contribution in [0, 0.1) is 17.8 Å². The van der Waals surface area contributed by atoms with Gasteiger partial charge in [0.25, 0.3) is 0 Å². The van der Waals surface area contributed by atoms with E-state index in [9.17, 15) is 9.59 Å². The molecule has 0 aliphatic rings. The van der Waals surface area contributed by atoms with E-state index < -0.39 is 11.6 Å². The number of carbonyl (C=O) groups excluding carboxylic acids is 2. The molecule has 0 aliphatic carbocycles. The first kappa shape index (κ1) is 19.9. The monoisotopic (exact) mass is 299 g/mol. The zero-order valence-corrected chi connectivity index (χ0v) is 14.9. The fourth-order valence-electron chi connectivity index (χ4n) is 2.19. The molecule has 1 unspecified atom stereocenters. The van der Waals surface area contributed by atoms with E-state index in [0.29, 0.717) is 18.3 Å². The molecule has 21 heavy (non-hydrogen) atoms. The summed E-state index contributed by atoms with van der Waals surface area (Å²) in [6.45, 7) is 15.6. The standard InChI is InChI=1S/C17H33NO3/c1-11(2)9-13(5)15(19)18-14(10-12(3)4)16(20)21-17(6,7)8/h11-14H,9-10H2,1-8H3,(H,18,19)/t13?,14-/m0/s1. The number of rotatable bonds is 7. The summed E-state index contributed by atoms with van der Waals surface area (Å²) >= 11 is 0. The summed E-state index contributed by atoms with van der Waals surface area (Å²) in [7, 11) is 0. The van der Waals surface area contributed by atoms with E-state index in [4.69, 9.17) is 4.74 Å². The van der Waals surface area contributed by atoms with Crippen molar-refractivity contribution in [2.45, 2.75) is 79.9 Å². The van der Waals surface area contributed by atoms with Crippen LogP contribution in [-0.2, 0) is 14.3 Å². The SMILES string of the molecule is CC(C)CC(C)C(=O)N[C@@H](CC(C)C)C(=O)OC(C)(C)C. The second-order valence-electron chi connectivity index (χ2n) is 7.75. The highest BCUT2D eigenvalue weighted by atomic mass is 16.6. The molecule has 0 fully saturated rings. The molecule has 1 amide bonds. The average molecular weight is 299 g/mol. The minimum absolute atomic E-state index is 0.0693. The Labute approximate surface area is 130 Å². The summed E-state index contributed by atoms with van der Waals surface area (Å²) in [4.78, 5) is 24.5. The maximum Gasteiger partial charge on any atom is 0.329 e. The van der Waals surface area contributed by atoms with Crippen molar-refractivity contribution in [3.63, 3.8) is 0 Å². The van der Waals surface area contributed by atoms with E-state index in [1.807, 2.05) is 41.5 Å². The summed E-state index contributed by atoms with van der Waals surface area (Å²) in [5.74, 6) is 0.252. The van der Waals surface area contributed by atoms with Crippen LogP contribution in [0.3, 0.4) is 0 Å². The first-order chi connectivity index (χ1) is 9.42. The molecule has 2 atom stereocenters. The molecular formula is C17H33NO3. The van der Waals surface area contributed by atoms with Crippen LogP contribution in [0.2, 0.25) is 0 Å². The molecule has 0 aromatic carbocycles. The van der Waals surface area contributed by atoms with Crippen molar-refractivity contribution in [3.8, 4) is 0 Å². The van der Waals surface area contributed by atoms with E-state index in [0.717, 1.165) is 6.42 Å². The van der Waals surface area contributed by atoms with Gasteiger partial charge in [0, 0.05) is 5.92 Å². The van der Waals surface area contributed by atoms with Crippen molar-refractivity contribution in [1.82, 2.24) is 5.32 Å². The summed E-state index contributed by atoms with van der Waals surface area (Å²) in [5, 5.41) is 2.86. The molecular weight excluding hydrogens is 266 g/mol. The Bertz CT molecular complexity index is 342. The fraction of sp³-hybridized carbons (Fsp3) is 0.882. The van der Waals surface area contributed by atoms with Crippen LogP contribution in [0.4, 0.5) is 0 Å². The first-order valence-corrected chi connectivity index (χ1v) is 7.95. The van der Waals surface area contributed by atoms with Gasteiger partial charge in [0.15, 0.2) is 0 Å². The minimum atomic E-state index is -0.564. The smallest absolute Gasteiger partial charge is 0.329 e.